The van der Waals surface area contributed by atoms with Crippen LogP contribution in [0.15, 0.2) is 60.9 Å². The molecule has 0 aliphatic heterocycles. The van der Waals surface area contributed by atoms with Crippen LogP contribution in [0.1, 0.15) is 47.1 Å². The summed E-state index contributed by atoms with van der Waals surface area (Å²) in [6, 6.07) is 13.4. The first kappa shape index (κ1) is 27.0. The lowest BCUT2D eigenvalue weighted by molar-refractivity contribution is -0.384. The van der Waals surface area contributed by atoms with Crippen LogP contribution in [0, 0.1) is 10.1 Å². The van der Waals surface area contributed by atoms with E-state index in [1.807, 2.05) is 59.7 Å². The van der Waals surface area contributed by atoms with Crippen molar-refractivity contribution < 1.29 is 9.66 Å². The number of non-ortho nitro benzene ring substituents is 1. The van der Waals surface area contributed by atoms with Gasteiger partial charge in [-0.25, -0.2) is 9.97 Å². The van der Waals surface area contributed by atoms with Gasteiger partial charge >= 0.3 is 0 Å². The molecule has 0 saturated carbocycles. The Labute approximate surface area is 184 Å². The number of hydrogen-bond donors (Lipinski definition) is 0. The average Bonchev–Trinajstić information content (AvgIpc) is 2.83. The second-order valence-corrected chi connectivity index (χ2v) is 5.30. The van der Waals surface area contributed by atoms with E-state index < -0.39 is 4.92 Å². The summed E-state index contributed by atoms with van der Waals surface area (Å²) in [6.07, 6.45) is 3.07. The molecule has 0 unspecified atom stereocenters. The molecule has 6 nitrogen and oxygen atoms in total. The topological polar surface area (TPSA) is 78.2 Å². The van der Waals surface area contributed by atoms with Crippen LogP contribution in [-0.4, -0.2) is 14.9 Å². The Hall–Kier alpha value is -2.99. The smallest absolute Gasteiger partial charge is 0.269 e. The Morgan fingerprint density at radius 3 is 2.03 bits per heavy atom. The lowest BCUT2D eigenvalue weighted by atomic mass is 10.1. The van der Waals surface area contributed by atoms with Gasteiger partial charge in [0.15, 0.2) is 0 Å². The molecule has 0 bridgehead atoms. The van der Waals surface area contributed by atoms with Crippen LogP contribution in [0.25, 0.3) is 11.3 Å². The second kappa shape index (κ2) is 15.9. The van der Waals surface area contributed by atoms with Crippen molar-refractivity contribution in [1.29, 1.82) is 0 Å². The first-order valence-corrected chi connectivity index (χ1v) is 10.4. The van der Waals surface area contributed by atoms with Crippen molar-refractivity contribution in [3.05, 3.63) is 81.6 Å². The summed E-state index contributed by atoms with van der Waals surface area (Å²) >= 11 is 6.11. The number of rotatable bonds is 5. The highest BCUT2D eigenvalue weighted by Crippen LogP contribution is 2.28. The van der Waals surface area contributed by atoms with Crippen LogP contribution in [0.4, 0.5) is 5.69 Å². The van der Waals surface area contributed by atoms with Crippen molar-refractivity contribution in [2.75, 3.05) is 0 Å². The third kappa shape index (κ3) is 8.17. The summed E-state index contributed by atoms with van der Waals surface area (Å²) in [5.74, 6) is 0.339. The molecule has 162 valence electrons. The van der Waals surface area contributed by atoms with Gasteiger partial charge in [0.25, 0.3) is 5.69 Å². The van der Waals surface area contributed by atoms with Gasteiger partial charge in [0.2, 0.25) is 5.88 Å². The number of nitrogens with zero attached hydrogens (tertiary/aromatic N) is 3. The lowest BCUT2D eigenvalue weighted by Gasteiger charge is -2.10. The van der Waals surface area contributed by atoms with Crippen LogP contribution in [-0.2, 0) is 6.61 Å². The second-order valence-electron chi connectivity index (χ2n) is 4.89. The number of nitro benzene ring substituents is 1. The van der Waals surface area contributed by atoms with E-state index in [9.17, 15) is 10.1 Å². The van der Waals surface area contributed by atoms with E-state index >= 15 is 0 Å². The minimum Gasteiger partial charge on any atom is -0.471 e. The zero-order chi connectivity index (χ0) is 22.9. The molecule has 30 heavy (non-hydrogen) atoms. The van der Waals surface area contributed by atoms with E-state index in [-0.39, 0.29) is 12.3 Å². The number of ether oxygens (including phenoxy) is 1. The van der Waals surface area contributed by atoms with Gasteiger partial charge in [-0.05, 0) is 18.2 Å². The van der Waals surface area contributed by atoms with Crippen LogP contribution in [0.2, 0.25) is 5.02 Å². The van der Waals surface area contributed by atoms with Gasteiger partial charge in [0, 0.05) is 40.7 Å². The predicted molar refractivity (Wildman–Crippen MR) is 124 cm³/mol. The molecule has 2 aromatic carbocycles. The van der Waals surface area contributed by atoms with Gasteiger partial charge in [-0.1, -0.05) is 71.3 Å². The molecule has 1 heterocycles. The number of hydrogen-bond acceptors (Lipinski definition) is 5. The highest BCUT2D eigenvalue weighted by molar-refractivity contribution is 6.31. The predicted octanol–water partition coefficient (Wildman–Crippen LogP) is 7.36. The maximum Gasteiger partial charge on any atom is 0.269 e. The quantitative estimate of drug-likeness (QED) is 0.311. The Morgan fingerprint density at radius 1 is 0.900 bits per heavy atom. The fourth-order valence-electron chi connectivity index (χ4n) is 2.13. The Morgan fingerprint density at radius 2 is 1.47 bits per heavy atom. The van der Waals surface area contributed by atoms with E-state index in [0.29, 0.717) is 22.2 Å². The first-order valence-electron chi connectivity index (χ1n) is 10.1. The zero-order valence-corrected chi connectivity index (χ0v) is 19.2. The van der Waals surface area contributed by atoms with E-state index in [2.05, 4.69) is 9.97 Å². The van der Waals surface area contributed by atoms with E-state index in [0.717, 1.165) is 5.56 Å². The van der Waals surface area contributed by atoms with E-state index in [4.69, 9.17) is 16.3 Å². The standard InChI is InChI=1S/C17H12ClN3O3.3C2H6/c18-15-4-2-1-3-13(15)11-24-17-16(19-9-10-20-17)12-5-7-14(8-6-12)21(22)23;3*1-2/h1-10H,11H2;3*1-2H3. The molecule has 7 heteroatoms. The molecule has 0 aliphatic rings. The van der Waals surface area contributed by atoms with Crippen molar-refractivity contribution >= 4 is 17.3 Å². The van der Waals surface area contributed by atoms with E-state index in [1.54, 1.807) is 24.4 Å². The number of halogens is 1. The molecule has 1 aromatic heterocycles. The summed E-state index contributed by atoms with van der Waals surface area (Å²) in [4.78, 5) is 18.8. The van der Waals surface area contributed by atoms with Gasteiger partial charge in [0.1, 0.15) is 12.3 Å². The van der Waals surface area contributed by atoms with Crippen molar-refractivity contribution in [2.24, 2.45) is 0 Å². The molecular formula is C23H30ClN3O3. The SMILES string of the molecule is CC.CC.CC.O=[N+]([O-])c1ccc(-c2nccnc2OCc2ccccc2Cl)cc1. The molecule has 0 fully saturated rings. The molecule has 0 aliphatic carbocycles. The van der Waals surface area contributed by atoms with Gasteiger partial charge < -0.3 is 4.74 Å². The Bertz CT molecular complexity index is 872. The largest absolute Gasteiger partial charge is 0.471 e. The normalized spacial score (nSPS) is 8.90. The third-order valence-corrected chi connectivity index (χ3v) is 3.71. The minimum absolute atomic E-state index is 0.0150. The van der Waals surface area contributed by atoms with Gasteiger partial charge in [-0.15, -0.1) is 0 Å². The summed E-state index contributed by atoms with van der Waals surface area (Å²) in [6.45, 7) is 12.2. The molecule has 0 amide bonds. The molecule has 3 rings (SSSR count). The van der Waals surface area contributed by atoms with Crippen LogP contribution in [0.5, 0.6) is 5.88 Å². The molecule has 3 aromatic rings. The van der Waals surface area contributed by atoms with Gasteiger partial charge in [-0.2, -0.15) is 0 Å². The zero-order valence-electron chi connectivity index (χ0n) is 18.4. The summed E-state index contributed by atoms with van der Waals surface area (Å²) in [5.41, 5.74) is 2.04. The first-order chi connectivity index (χ1) is 14.6. The maximum atomic E-state index is 10.7. The third-order valence-electron chi connectivity index (χ3n) is 3.34. The van der Waals surface area contributed by atoms with Crippen LogP contribution < -0.4 is 4.74 Å². The van der Waals surface area contributed by atoms with E-state index in [1.165, 1.54) is 18.3 Å². The number of benzene rings is 2. The van der Waals surface area contributed by atoms with Crippen LogP contribution >= 0.6 is 11.6 Å². The Kier molecular flexibility index (Phi) is 14.3. The fraction of sp³-hybridized carbons (Fsp3) is 0.304. The van der Waals surface area contributed by atoms with Gasteiger partial charge in [0.05, 0.1) is 4.92 Å². The summed E-state index contributed by atoms with van der Waals surface area (Å²) < 4.78 is 5.74. The fourth-order valence-corrected chi connectivity index (χ4v) is 2.32. The molecule has 0 spiro atoms. The Balaban J connectivity index is 0.00000129. The lowest BCUT2D eigenvalue weighted by Crippen LogP contribution is -2.01. The highest BCUT2D eigenvalue weighted by atomic mass is 35.5. The average molecular weight is 432 g/mol. The van der Waals surface area contributed by atoms with Crippen molar-refractivity contribution in [2.45, 2.75) is 48.1 Å². The highest BCUT2D eigenvalue weighted by Gasteiger charge is 2.12. The van der Waals surface area contributed by atoms with Crippen molar-refractivity contribution in [1.82, 2.24) is 9.97 Å². The molecule has 0 radical (unpaired) electrons. The molecule has 0 atom stereocenters. The minimum atomic E-state index is -0.449. The maximum absolute atomic E-state index is 10.7. The number of aromatic nitrogens is 2. The summed E-state index contributed by atoms with van der Waals surface area (Å²) in [5, 5.41) is 11.4. The monoisotopic (exact) mass is 431 g/mol. The molecular weight excluding hydrogens is 402 g/mol. The van der Waals surface area contributed by atoms with Crippen molar-refractivity contribution in [3.63, 3.8) is 0 Å². The van der Waals surface area contributed by atoms with Gasteiger partial charge in [-0.3, -0.25) is 10.1 Å². The molecule has 0 N–H and O–H groups in total. The number of nitro groups is 1. The van der Waals surface area contributed by atoms with Crippen LogP contribution in [0.3, 0.4) is 0 Å². The molecule has 0 saturated heterocycles. The van der Waals surface area contributed by atoms with Crippen molar-refractivity contribution in [3.8, 4) is 17.1 Å². The summed E-state index contributed by atoms with van der Waals surface area (Å²) in [7, 11) is 0.